The Hall–Kier alpha value is -3.58. The van der Waals surface area contributed by atoms with Gasteiger partial charge in [-0.15, -0.1) is 10.2 Å². The van der Waals surface area contributed by atoms with Gasteiger partial charge in [-0.2, -0.15) is 0 Å². The van der Waals surface area contributed by atoms with Gasteiger partial charge in [-0.1, -0.05) is 71.9 Å². The van der Waals surface area contributed by atoms with Crippen molar-refractivity contribution in [1.82, 2.24) is 10.2 Å². The van der Waals surface area contributed by atoms with Crippen molar-refractivity contribution in [2.75, 3.05) is 17.3 Å². The second-order valence-corrected chi connectivity index (χ2v) is 8.43. The molecule has 1 amide bonds. The highest BCUT2D eigenvalue weighted by molar-refractivity contribution is 7.99. The van der Waals surface area contributed by atoms with E-state index in [0.717, 1.165) is 22.4 Å². The largest absolute Gasteiger partial charge is 0.489 e. The Balaban J connectivity index is 1.36. The fourth-order valence-electron chi connectivity index (χ4n) is 3.77. The Bertz CT molecular complexity index is 1240. The third-order valence-electron chi connectivity index (χ3n) is 5.28. The number of para-hydroxylation sites is 2. The highest BCUT2D eigenvalue weighted by atomic mass is 32.2. The molecule has 0 spiro atoms. The number of benzene rings is 3. The van der Waals surface area contributed by atoms with Crippen molar-refractivity contribution in [1.29, 1.82) is 0 Å². The molecule has 5 rings (SSSR count). The molecule has 1 aliphatic heterocycles. The maximum atomic E-state index is 13.4. The van der Waals surface area contributed by atoms with Crippen LogP contribution >= 0.6 is 11.8 Å². The number of amides is 1. The predicted molar refractivity (Wildman–Crippen MR) is 124 cm³/mol. The number of anilines is 1. The zero-order chi connectivity index (χ0) is 21.9. The average Bonchev–Trinajstić information content (AvgIpc) is 3.31. The molecule has 0 saturated heterocycles. The van der Waals surface area contributed by atoms with Crippen molar-refractivity contribution >= 4 is 23.4 Å². The molecule has 32 heavy (non-hydrogen) atoms. The molecule has 0 radical (unpaired) electrons. The molecule has 0 aliphatic carbocycles. The number of aryl methyl sites for hydroxylation is 1. The van der Waals surface area contributed by atoms with Gasteiger partial charge in [-0.25, -0.2) is 0 Å². The van der Waals surface area contributed by atoms with Crippen LogP contribution in [0.3, 0.4) is 0 Å². The second-order valence-electron chi connectivity index (χ2n) is 7.50. The van der Waals surface area contributed by atoms with Gasteiger partial charge in [0.25, 0.3) is 5.22 Å². The van der Waals surface area contributed by atoms with Crippen LogP contribution in [0.4, 0.5) is 5.69 Å². The highest BCUT2D eigenvalue weighted by Gasteiger charge is 2.33. The van der Waals surface area contributed by atoms with E-state index in [0.29, 0.717) is 23.5 Å². The SMILES string of the molecule is Cc1cccc(-c2nnc(SCC(=O)N3c4ccccc4OCC3c3ccccc3)o2)c1. The van der Waals surface area contributed by atoms with Crippen molar-refractivity contribution < 1.29 is 13.9 Å². The Kier molecular flexibility index (Phi) is 5.64. The molecular formula is C25H21N3O3S. The molecule has 3 aromatic carbocycles. The van der Waals surface area contributed by atoms with Gasteiger partial charge in [0, 0.05) is 5.56 Å². The summed E-state index contributed by atoms with van der Waals surface area (Å²) in [5, 5.41) is 8.61. The monoisotopic (exact) mass is 443 g/mol. The van der Waals surface area contributed by atoms with E-state index in [9.17, 15) is 4.79 Å². The lowest BCUT2D eigenvalue weighted by atomic mass is 10.0. The highest BCUT2D eigenvalue weighted by Crippen LogP contribution is 2.39. The zero-order valence-electron chi connectivity index (χ0n) is 17.5. The summed E-state index contributed by atoms with van der Waals surface area (Å²) in [6.45, 7) is 2.41. The Labute approximate surface area is 190 Å². The molecular weight excluding hydrogens is 422 g/mol. The van der Waals surface area contributed by atoms with Gasteiger partial charge < -0.3 is 9.15 Å². The summed E-state index contributed by atoms with van der Waals surface area (Å²) < 4.78 is 11.7. The number of ether oxygens (including phenoxy) is 1. The molecule has 7 heteroatoms. The van der Waals surface area contributed by atoms with Gasteiger partial charge in [0.05, 0.1) is 17.5 Å². The lowest BCUT2D eigenvalue weighted by molar-refractivity contribution is -0.117. The first-order valence-corrected chi connectivity index (χ1v) is 11.3. The topological polar surface area (TPSA) is 68.5 Å². The van der Waals surface area contributed by atoms with Gasteiger partial charge in [0.15, 0.2) is 0 Å². The van der Waals surface area contributed by atoms with Crippen LogP contribution in [0.2, 0.25) is 0 Å². The average molecular weight is 444 g/mol. The van der Waals surface area contributed by atoms with Crippen molar-refractivity contribution in [2.45, 2.75) is 18.2 Å². The lowest BCUT2D eigenvalue weighted by Gasteiger charge is -2.37. The zero-order valence-corrected chi connectivity index (χ0v) is 18.3. The van der Waals surface area contributed by atoms with E-state index < -0.39 is 0 Å². The molecule has 2 heterocycles. The second kappa shape index (κ2) is 8.88. The number of hydrogen-bond donors (Lipinski definition) is 0. The van der Waals surface area contributed by atoms with Gasteiger partial charge in [-0.3, -0.25) is 9.69 Å². The minimum Gasteiger partial charge on any atom is -0.489 e. The fraction of sp³-hybridized carbons (Fsp3) is 0.160. The molecule has 0 fully saturated rings. The van der Waals surface area contributed by atoms with Crippen molar-refractivity contribution in [2.24, 2.45) is 0 Å². The Morgan fingerprint density at radius 1 is 1.03 bits per heavy atom. The fourth-order valence-corrected chi connectivity index (χ4v) is 4.40. The van der Waals surface area contributed by atoms with Crippen molar-refractivity contribution in [3.63, 3.8) is 0 Å². The van der Waals surface area contributed by atoms with E-state index in [-0.39, 0.29) is 17.7 Å². The maximum absolute atomic E-state index is 13.4. The van der Waals surface area contributed by atoms with Gasteiger partial charge >= 0.3 is 0 Å². The lowest BCUT2D eigenvalue weighted by Crippen LogP contribution is -2.42. The third kappa shape index (κ3) is 4.11. The summed E-state index contributed by atoms with van der Waals surface area (Å²) in [5.41, 5.74) is 3.77. The summed E-state index contributed by atoms with van der Waals surface area (Å²) in [6, 6.07) is 25.2. The number of rotatable bonds is 5. The number of hydrogen-bond acceptors (Lipinski definition) is 6. The normalized spacial score (nSPS) is 15.2. The minimum absolute atomic E-state index is 0.0464. The number of carbonyl (C=O) groups excluding carboxylic acids is 1. The number of fused-ring (bicyclic) bond motifs is 1. The van der Waals surface area contributed by atoms with Crippen LogP contribution in [0, 0.1) is 6.92 Å². The molecule has 6 nitrogen and oxygen atoms in total. The van der Waals surface area contributed by atoms with E-state index in [1.54, 1.807) is 0 Å². The summed E-state index contributed by atoms with van der Waals surface area (Å²) in [4.78, 5) is 15.2. The smallest absolute Gasteiger partial charge is 0.277 e. The van der Waals surface area contributed by atoms with E-state index in [1.165, 1.54) is 11.8 Å². The number of nitrogens with zero attached hydrogens (tertiary/aromatic N) is 3. The van der Waals surface area contributed by atoms with E-state index >= 15 is 0 Å². The molecule has 0 saturated carbocycles. The van der Waals surface area contributed by atoms with Crippen LogP contribution in [0.1, 0.15) is 17.2 Å². The molecule has 1 aliphatic rings. The van der Waals surface area contributed by atoms with Crippen molar-refractivity contribution in [3.8, 4) is 17.2 Å². The molecule has 0 N–H and O–H groups in total. The van der Waals surface area contributed by atoms with E-state index in [2.05, 4.69) is 10.2 Å². The quantitative estimate of drug-likeness (QED) is 0.390. The molecule has 1 unspecified atom stereocenters. The summed E-state index contributed by atoms with van der Waals surface area (Å²) in [5.74, 6) is 1.28. The Morgan fingerprint density at radius 3 is 2.69 bits per heavy atom. The van der Waals surface area contributed by atoms with Crippen LogP contribution in [0.15, 0.2) is 88.5 Å². The molecule has 4 aromatic rings. The summed E-state index contributed by atoms with van der Waals surface area (Å²) >= 11 is 1.24. The standard InChI is InChI=1S/C25H21N3O3S/c1-17-8-7-11-19(14-17)24-26-27-25(31-24)32-16-23(29)28-20-12-5-6-13-22(20)30-15-21(28)18-9-3-2-4-10-18/h2-14,21H,15-16H2,1H3. The molecule has 1 atom stereocenters. The van der Waals surface area contributed by atoms with Crippen LogP contribution in [-0.4, -0.2) is 28.5 Å². The van der Waals surface area contributed by atoms with Gasteiger partial charge in [0.2, 0.25) is 11.8 Å². The maximum Gasteiger partial charge on any atom is 0.277 e. The number of carbonyl (C=O) groups is 1. The van der Waals surface area contributed by atoms with Crippen LogP contribution in [0.25, 0.3) is 11.5 Å². The summed E-state index contributed by atoms with van der Waals surface area (Å²) in [7, 11) is 0. The molecule has 1 aromatic heterocycles. The third-order valence-corrected chi connectivity index (χ3v) is 6.08. The summed E-state index contributed by atoms with van der Waals surface area (Å²) in [6.07, 6.45) is 0. The first-order chi connectivity index (χ1) is 15.7. The van der Waals surface area contributed by atoms with Crippen LogP contribution < -0.4 is 9.64 Å². The van der Waals surface area contributed by atoms with Gasteiger partial charge in [0.1, 0.15) is 12.4 Å². The number of aromatic nitrogens is 2. The first-order valence-electron chi connectivity index (χ1n) is 10.3. The van der Waals surface area contributed by atoms with Crippen molar-refractivity contribution in [3.05, 3.63) is 90.0 Å². The van der Waals surface area contributed by atoms with E-state index in [1.807, 2.05) is 90.7 Å². The Morgan fingerprint density at radius 2 is 1.84 bits per heavy atom. The predicted octanol–water partition coefficient (Wildman–Crippen LogP) is 5.30. The minimum atomic E-state index is -0.204. The molecule has 0 bridgehead atoms. The molecule has 160 valence electrons. The van der Waals surface area contributed by atoms with Gasteiger partial charge in [-0.05, 0) is 36.8 Å². The van der Waals surface area contributed by atoms with E-state index in [4.69, 9.17) is 9.15 Å². The number of thioether (sulfide) groups is 1. The van der Waals surface area contributed by atoms with Crippen LogP contribution in [-0.2, 0) is 4.79 Å². The van der Waals surface area contributed by atoms with Crippen LogP contribution in [0.5, 0.6) is 5.75 Å². The first kappa shape index (κ1) is 20.3.